The highest BCUT2D eigenvalue weighted by molar-refractivity contribution is 6.20. The normalized spacial score (nSPS) is 17.2. The molecule has 6 nitrogen and oxygen atoms in total. The van der Waals surface area contributed by atoms with Gasteiger partial charge in [-0.15, -0.1) is 11.6 Å². The summed E-state index contributed by atoms with van der Waals surface area (Å²) in [5.74, 6) is 0. The first-order valence-electron chi connectivity index (χ1n) is 11.3. The van der Waals surface area contributed by atoms with Crippen molar-refractivity contribution in [3.05, 3.63) is 60.2 Å². The van der Waals surface area contributed by atoms with Crippen molar-refractivity contribution in [2.24, 2.45) is 0 Å². The fraction of sp³-hybridized carbons (Fsp3) is 0.560. The van der Waals surface area contributed by atoms with Gasteiger partial charge >= 0.3 is 6.09 Å². The number of halogens is 1. The van der Waals surface area contributed by atoms with E-state index in [-0.39, 0.29) is 11.5 Å². The maximum absolute atomic E-state index is 11.8. The van der Waals surface area contributed by atoms with E-state index in [0.29, 0.717) is 12.6 Å². The van der Waals surface area contributed by atoms with E-state index in [2.05, 4.69) is 28.0 Å². The van der Waals surface area contributed by atoms with Gasteiger partial charge < -0.3 is 9.64 Å². The first kappa shape index (κ1) is 26.1. The van der Waals surface area contributed by atoms with Crippen LogP contribution in [0.15, 0.2) is 49.1 Å². The van der Waals surface area contributed by atoms with Gasteiger partial charge in [0, 0.05) is 44.4 Å². The lowest BCUT2D eigenvalue weighted by Crippen LogP contribution is -2.34. The van der Waals surface area contributed by atoms with Gasteiger partial charge in [-0.2, -0.15) is 0 Å². The summed E-state index contributed by atoms with van der Waals surface area (Å²) >= 11 is 6.30. The topological polar surface area (TPSA) is 58.6 Å². The summed E-state index contributed by atoms with van der Waals surface area (Å²) in [5, 5.41) is -0.0734. The lowest BCUT2D eigenvalue weighted by molar-refractivity contribution is 0.0296. The van der Waals surface area contributed by atoms with Gasteiger partial charge in [-0.25, -0.2) is 4.79 Å². The van der Waals surface area contributed by atoms with Gasteiger partial charge in [-0.1, -0.05) is 12.1 Å². The predicted molar refractivity (Wildman–Crippen MR) is 130 cm³/mol. The molecule has 32 heavy (non-hydrogen) atoms. The zero-order chi connectivity index (χ0) is 23.6. The number of carbonyl (C=O) groups is 1. The third-order valence-electron chi connectivity index (χ3n) is 5.29. The van der Waals surface area contributed by atoms with Crippen LogP contribution in [0.4, 0.5) is 4.79 Å². The van der Waals surface area contributed by atoms with Crippen molar-refractivity contribution in [2.45, 2.75) is 63.5 Å². The number of nitrogens with zero attached hydrogens (tertiary/aromatic N) is 4. The molecule has 0 N–H and O–H groups in total. The van der Waals surface area contributed by atoms with E-state index in [4.69, 9.17) is 16.3 Å². The van der Waals surface area contributed by atoms with Gasteiger partial charge in [-0.05, 0) is 83.3 Å². The van der Waals surface area contributed by atoms with Crippen LogP contribution in [-0.2, 0) is 4.74 Å². The quantitative estimate of drug-likeness (QED) is 0.505. The molecular weight excluding hydrogens is 424 g/mol. The number of rotatable bonds is 6. The van der Waals surface area contributed by atoms with E-state index in [1.54, 1.807) is 24.3 Å². The van der Waals surface area contributed by atoms with Crippen molar-refractivity contribution in [3.8, 4) is 0 Å². The van der Waals surface area contributed by atoms with E-state index < -0.39 is 5.60 Å². The smallest absolute Gasteiger partial charge is 0.410 e. The summed E-state index contributed by atoms with van der Waals surface area (Å²) < 4.78 is 5.29. The zero-order valence-electron chi connectivity index (χ0n) is 20.0. The van der Waals surface area contributed by atoms with Crippen LogP contribution < -0.4 is 0 Å². The highest BCUT2D eigenvalue weighted by Gasteiger charge is 2.22. The molecule has 3 heterocycles. The Hall–Kier alpha value is -2.18. The average molecular weight is 461 g/mol. The van der Waals surface area contributed by atoms with Gasteiger partial charge in [0.1, 0.15) is 5.60 Å². The predicted octanol–water partition coefficient (Wildman–Crippen LogP) is 5.86. The summed E-state index contributed by atoms with van der Waals surface area (Å²) in [5.41, 5.74) is 1.90. The molecule has 2 aromatic rings. The number of ether oxygens (including phenoxy) is 1. The van der Waals surface area contributed by atoms with Crippen LogP contribution >= 0.6 is 11.6 Å². The van der Waals surface area contributed by atoms with Crippen LogP contribution in [0.2, 0.25) is 0 Å². The number of carbonyl (C=O) groups excluding carboxylic acids is 1. The molecule has 7 heteroatoms. The molecule has 2 atom stereocenters. The number of likely N-dealkylation sites (tertiary alicyclic amines) is 1. The fourth-order valence-corrected chi connectivity index (χ4v) is 3.85. The average Bonchev–Trinajstić information content (AvgIpc) is 3.20. The molecule has 1 aliphatic heterocycles. The summed E-state index contributed by atoms with van der Waals surface area (Å²) in [6, 6.07) is 8.62. The van der Waals surface area contributed by atoms with Crippen molar-refractivity contribution >= 4 is 17.7 Å². The number of aromatic nitrogens is 2. The number of hydrogen-bond donors (Lipinski definition) is 0. The Kier molecular flexibility index (Phi) is 10.4. The van der Waals surface area contributed by atoms with E-state index in [9.17, 15) is 4.79 Å². The standard InChI is InChI=1S/C15H23ClN2O2.C10H14N2/c1-15(2,3)20-14(19)18(4)10-6-8-13(16)12-7-5-9-17-11-12;1-12-7-3-5-10(12)9-4-2-6-11-8-9/h5,7,9,11,13H,6,8,10H2,1-4H3;2,4,6,8,10H,3,5,7H2,1H3/t13-;10-/m01/s1. The second-order valence-electron chi connectivity index (χ2n) is 9.22. The van der Waals surface area contributed by atoms with Crippen LogP contribution in [0.3, 0.4) is 0 Å². The largest absolute Gasteiger partial charge is 0.444 e. The second kappa shape index (κ2) is 12.8. The Morgan fingerprint density at radius 3 is 2.47 bits per heavy atom. The van der Waals surface area contributed by atoms with Crippen molar-refractivity contribution < 1.29 is 9.53 Å². The van der Waals surface area contributed by atoms with E-state index in [1.807, 2.05) is 51.4 Å². The van der Waals surface area contributed by atoms with Crippen LogP contribution in [0.25, 0.3) is 0 Å². The molecule has 0 saturated carbocycles. The van der Waals surface area contributed by atoms with E-state index >= 15 is 0 Å². The maximum atomic E-state index is 11.8. The molecule has 176 valence electrons. The van der Waals surface area contributed by atoms with Gasteiger partial charge in [0.05, 0.1) is 5.38 Å². The highest BCUT2D eigenvalue weighted by Crippen LogP contribution is 2.29. The molecule has 0 aliphatic carbocycles. The summed E-state index contributed by atoms with van der Waals surface area (Å²) in [6.07, 6.45) is 11.2. The number of alkyl halides is 1. The molecule has 1 saturated heterocycles. The van der Waals surface area contributed by atoms with Crippen LogP contribution in [0, 0.1) is 0 Å². The minimum atomic E-state index is -0.462. The summed E-state index contributed by atoms with van der Waals surface area (Å²) in [4.78, 5) is 23.9. The molecule has 0 aromatic carbocycles. The molecule has 2 aromatic heterocycles. The van der Waals surface area contributed by atoms with E-state index in [1.165, 1.54) is 24.9 Å². The monoisotopic (exact) mass is 460 g/mol. The lowest BCUT2D eigenvalue weighted by Gasteiger charge is -2.24. The van der Waals surface area contributed by atoms with Crippen LogP contribution in [-0.4, -0.2) is 58.6 Å². The SMILES string of the molecule is CN(CCC[C@H](Cl)c1cccnc1)C(=O)OC(C)(C)C.CN1CCC[C@@H]1c1cccnc1. The lowest BCUT2D eigenvalue weighted by atomic mass is 10.1. The summed E-state index contributed by atoms with van der Waals surface area (Å²) in [7, 11) is 3.92. The summed E-state index contributed by atoms with van der Waals surface area (Å²) in [6.45, 7) is 7.42. The minimum absolute atomic E-state index is 0.0734. The Balaban J connectivity index is 0.000000255. The van der Waals surface area contributed by atoms with Crippen molar-refractivity contribution in [3.63, 3.8) is 0 Å². The fourth-order valence-electron chi connectivity index (χ4n) is 3.57. The number of hydrogen-bond acceptors (Lipinski definition) is 5. The molecule has 0 bridgehead atoms. The highest BCUT2D eigenvalue weighted by atomic mass is 35.5. The van der Waals surface area contributed by atoms with Gasteiger partial charge in [0.15, 0.2) is 0 Å². The molecular formula is C25H37ClN4O2. The van der Waals surface area contributed by atoms with Crippen molar-refractivity contribution in [1.29, 1.82) is 0 Å². The van der Waals surface area contributed by atoms with Gasteiger partial charge in [-0.3, -0.25) is 14.9 Å². The number of amides is 1. The molecule has 1 amide bonds. The van der Waals surface area contributed by atoms with Crippen LogP contribution in [0.5, 0.6) is 0 Å². The molecule has 1 aliphatic rings. The molecule has 0 unspecified atom stereocenters. The Bertz CT molecular complexity index is 799. The van der Waals surface area contributed by atoms with Gasteiger partial charge in [0.2, 0.25) is 0 Å². The van der Waals surface area contributed by atoms with Crippen LogP contribution in [0.1, 0.15) is 69.0 Å². The molecule has 0 radical (unpaired) electrons. The molecule has 0 spiro atoms. The zero-order valence-corrected chi connectivity index (χ0v) is 20.8. The third-order valence-corrected chi connectivity index (χ3v) is 5.76. The molecule has 3 rings (SSSR count). The van der Waals surface area contributed by atoms with Crippen molar-refractivity contribution in [2.75, 3.05) is 27.2 Å². The first-order chi connectivity index (χ1) is 15.2. The number of pyridine rings is 2. The minimum Gasteiger partial charge on any atom is -0.444 e. The molecule has 1 fully saturated rings. The van der Waals surface area contributed by atoms with Gasteiger partial charge in [0.25, 0.3) is 0 Å². The third kappa shape index (κ3) is 9.13. The maximum Gasteiger partial charge on any atom is 0.410 e. The Labute approximate surface area is 197 Å². The van der Waals surface area contributed by atoms with E-state index in [0.717, 1.165) is 18.4 Å². The Morgan fingerprint density at radius 2 is 1.94 bits per heavy atom. The van der Waals surface area contributed by atoms with Crippen molar-refractivity contribution in [1.82, 2.24) is 19.8 Å². The Morgan fingerprint density at radius 1 is 1.25 bits per heavy atom. The first-order valence-corrected chi connectivity index (χ1v) is 11.7. The second-order valence-corrected chi connectivity index (χ2v) is 9.75.